The third-order valence-electron chi connectivity index (χ3n) is 4.32. The highest BCUT2D eigenvalue weighted by molar-refractivity contribution is 6.31. The summed E-state index contributed by atoms with van der Waals surface area (Å²) in [5, 5.41) is 0.747. The summed E-state index contributed by atoms with van der Waals surface area (Å²) in [6.07, 6.45) is 3.36. The number of amides is 1. The van der Waals surface area contributed by atoms with Crippen molar-refractivity contribution in [2.45, 2.75) is 31.7 Å². The van der Waals surface area contributed by atoms with Crippen LogP contribution in [0.4, 0.5) is 0 Å². The zero-order valence-electron chi connectivity index (χ0n) is 12.5. The minimum atomic E-state index is 0.228. The molecule has 1 atom stereocenters. The number of nitrogens with zero attached hydrogens (tertiary/aromatic N) is 1. The number of likely N-dealkylation sites (tertiary alicyclic amines) is 1. The lowest BCUT2D eigenvalue weighted by molar-refractivity contribution is -0.132. The lowest BCUT2D eigenvalue weighted by atomic mass is 10.0. The molecular formula is C19H20ClNO. The Hall–Kier alpha value is -1.80. The van der Waals surface area contributed by atoms with Crippen molar-refractivity contribution in [1.82, 2.24) is 4.90 Å². The van der Waals surface area contributed by atoms with Crippen molar-refractivity contribution in [2.24, 2.45) is 0 Å². The number of rotatable bonds is 4. The van der Waals surface area contributed by atoms with Crippen LogP contribution in [-0.4, -0.2) is 17.4 Å². The van der Waals surface area contributed by atoms with E-state index in [1.54, 1.807) is 0 Å². The van der Waals surface area contributed by atoms with Crippen LogP contribution in [0.25, 0.3) is 0 Å². The summed E-state index contributed by atoms with van der Waals surface area (Å²) in [6.45, 7) is 0.862. The van der Waals surface area contributed by atoms with Gasteiger partial charge in [-0.05, 0) is 36.5 Å². The summed E-state index contributed by atoms with van der Waals surface area (Å²) >= 11 is 6.17. The summed E-state index contributed by atoms with van der Waals surface area (Å²) < 4.78 is 0. The summed E-state index contributed by atoms with van der Waals surface area (Å²) in [7, 11) is 0. The second-order valence-electron chi connectivity index (χ2n) is 5.75. The minimum Gasteiger partial charge on any atom is -0.336 e. The maximum absolute atomic E-state index is 12.6. The third-order valence-corrected chi connectivity index (χ3v) is 4.69. The first-order chi connectivity index (χ1) is 10.8. The molecule has 3 rings (SSSR count). The van der Waals surface area contributed by atoms with Gasteiger partial charge >= 0.3 is 0 Å². The summed E-state index contributed by atoms with van der Waals surface area (Å²) in [5.74, 6) is 0.228. The number of carbonyl (C=O) groups excluding carboxylic acids is 1. The molecule has 0 saturated carbocycles. The van der Waals surface area contributed by atoms with Gasteiger partial charge in [-0.2, -0.15) is 0 Å². The predicted molar refractivity (Wildman–Crippen MR) is 89.9 cm³/mol. The zero-order chi connectivity index (χ0) is 15.4. The van der Waals surface area contributed by atoms with Gasteiger partial charge in [0.15, 0.2) is 0 Å². The zero-order valence-corrected chi connectivity index (χ0v) is 13.3. The van der Waals surface area contributed by atoms with Gasteiger partial charge in [-0.15, -0.1) is 0 Å². The van der Waals surface area contributed by atoms with Gasteiger partial charge in [-0.1, -0.05) is 60.1 Å². The molecule has 1 heterocycles. The van der Waals surface area contributed by atoms with Gasteiger partial charge in [0.05, 0.1) is 6.04 Å². The highest BCUT2D eigenvalue weighted by Crippen LogP contribution is 2.32. The van der Waals surface area contributed by atoms with Crippen LogP contribution in [0.5, 0.6) is 0 Å². The van der Waals surface area contributed by atoms with Crippen LogP contribution in [0.1, 0.15) is 36.4 Å². The fourth-order valence-electron chi connectivity index (χ4n) is 3.17. The molecule has 0 aromatic heterocycles. The van der Waals surface area contributed by atoms with E-state index in [9.17, 15) is 4.79 Å². The molecule has 1 unspecified atom stereocenters. The maximum Gasteiger partial charge on any atom is 0.223 e. The van der Waals surface area contributed by atoms with E-state index in [0.29, 0.717) is 12.8 Å². The van der Waals surface area contributed by atoms with Crippen molar-refractivity contribution in [1.29, 1.82) is 0 Å². The van der Waals surface area contributed by atoms with Crippen LogP contribution >= 0.6 is 11.6 Å². The molecule has 114 valence electrons. The van der Waals surface area contributed by atoms with Gasteiger partial charge < -0.3 is 4.90 Å². The Morgan fingerprint density at radius 1 is 1.09 bits per heavy atom. The maximum atomic E-state index is 12.6. The van der Waals surface area contributed by atoms with Crippen LogP contribution in [0.3, 0.4) is 0 Å². The van der Waals surface area contributed by atoms with E-state index in [1.807, 2.05) is 47.4 Å². The van der Waals surface area contributed by atoms with Gasteiger partial charge in [-0.25, -0.2) is 0 Å². The molecule has 2 nitrogen and oxygen atoms in total. The number of halogens is 1. The minimum absolute atomic E-state index is 0.228. The van der Waals surface area contributed by atoms with Crippen molar-refractivity contribution >= 4 is 17.5 Å². The van der Waals surface area contributed by atoms with Gasteiger partial charge in [0.25, 0.3) is 0 Å². The molecule has 22 heavy (non-hydrogen) atoms. The Labute approximate surface area is 136 Å². The first-order valence-corrected chi connectivity index (χ1v) is 8.21. The molecule has 3 heteroatoms. The van der Waals surface area contributed by atoms with Gasteiger partial charge in [0, 0.05) is 18.0 Å². The van der Waals surface area contributed by atoms with Crippen molar-refractivity contribution < 1.29 is 4.79 Å². The average molecular weight is 314 g/mol. The molecule has 1 aliphatic heterocycles. The monoisotopic (exact) mass is 313 g/mol. The normalized spacial score (nSPS) is 17.7. The summed E-state index contributed by atoms with van der Waals surface area (Å²) in [5.41, 5.74) is 2.29. The Bertz CT molecular complexity index is 641. The van der Waals surface area contributed by atoms with E-state index in [4.69, 9.17) is 11.6 Å². The fourth-order valence-corrected chi connectivity index (χ4v) is 3.40. The highest BCUT2D eigenvalue weighted by atomic mass is 35.5. The van der Waals surface area contributed by atoms with E-state index >= 15 is 0 Å². The quantitative estimate of drug-likeness (QED) is 0.805. The Kier molecular flexibility index (Phi) is 4.79. The largest absolute Gasteiger partial charge is 0.336 e. The Balaban J connectivity index is 1.65. The van der Waals surface area contributed by atoms with Gasteiger partial charge in [0.1, 0.15) is 0 Å². The summed E-state index contributed by atoms with van der Waals surface area (Å²) in [4.78, 5) is 14.6. The predicted octanol–water partition coefficient (Wildman–Crippen LogP) is 4.64. The van der Waals surface area contributed by atoms with Crippen molar-refractivity contribution in [3.05, 3.63) is 70.7 Å². The summed E-state index contributed by atoms with van der Waals surface area (Å²) in [6, 6.07) is 18.3. The van der Waals surface area contributed by atoms with Crippen LogP contribution < -0.4 is 0 Å². The van der Waals surface area contributed by atoms with Gasteiger partial charge in [-0.3, -0.25) is 4.79 Å². The number of hydrogen-bond donors (Lipinski definition) is 0. The molecule has 1 aliphatic rings. The van der Waals surface area contributed by atoms with E-state index in [1.165, 1.54) is 5.56 Å². The second-order valence-corrected chi connectivity index (χ2v) is 6.15. The van der Waals surface area contributed by atoms with Crippen molar-refractivity contribution in [3.8, 4) is 0 Å². The second kappa shape index (κ2) is 6.97. The molecule has 0 radical (unpaired) electrons. The molecule has 1 fully saturated rings. The topological polar surface area (TPSA) is 20.3 Å². The third kappa shape index (κ3) is 3.33. The standard InChI is InChI=1S/C19H20ClNO/c20-17-10-5-4-7-15(17)12-13-19(22)21-14-6-11-18(21)16-8-2-1-3-9-16/h1-5,7-10,18H,6,11-14H2. The Morgan fingerprint density at radius 2 is 1.82 bits per heavy atom. The molecule has 0 bridgehead atoms. The smallest absolute Gasteiger partial charge is 0.223 e. The van der Waals surface area contributed by atoms with Crippen LogP contribution in [0, 0.1) is 0 Å². The van der Waals surface area contributed by atoms with Crippen molar-refractivity contribution in [3.63, 3.8) is 0 Å². The van der Waals surface area contributed by atoms with Crippen LogP contribution in [-0.2, 0) is 11.2 Å². The lowest BCUT2D eigenvalue weighted by Gasteiger charge is -2.25. The number of benzene rings is 2. The SMILES string of the molecule is O=C(CCc1ccccc1Cl)N1CCCC1c1ccccc1. The number of aryl methyl sites for hydroxylation is 1. The van der Waals surface area contributed by atoms with Crippen molar-refractivity contribution in [2.75, 3.05) is 6.54 Å². The average Bonchev–Trinajstić information content (AvgIpc) is 3.04. The highest BCUT2D eigenvalue weighted by Gasteiger charge is 2.29. The molecule has 1 amide bonds. The van der Waals surface area contributed by atoms with Crippen LogP contribution in [0.15, 0.2) is 54.6 Å². The Morgan fingerprint density at radius 3 is 2.59 bits per heavy atom. The van der Waals surface area contributed by atoms with E-state index in [-0.39, 0.29) is 11.9 Å². The molecule has 0 N–H and O–H groups in total. The number of carbonyl (C=O) groups is 1. The van der Waals surface area contributed by atoms with Gasteiger partial charge in [0.2, 0.25) is 5.91 Å². The van der Waals surface area contributed by atoms with Crippen LogP contribution in [0.2, 0.25) is 5.02 Å². The first kappa shape index (κ1) is 15.1. The molecule has 2 aromatic rings. The first-order valence-electron chi connectivity index (χ1n) is 7.83. The molecule has 0 aliphatic carbocycles. The molecule has 2 aromatic carbocycles. The fraction of sp³-hybridized carbons (Fsp3) is 0.316. The molecular weight excluding hydrogens is 294 g/mol. The van der Waals surface area contributed by atoms with E-state index in [2.05, 4.69) is 12.1 Å². The van der Waals surface area contributed by atoms with E-state index in [0.717, 1.165) is 30.0 Å². The number of hydrogen-bond acceptors (Lipinski definition) is 1. The molecule has 0 spiro atoms. The lowest BCUT2D eigenvalue weighted by Crippen LogP contribution is -2.30. The van der Waals surface area contributed by atoms with E-state index < -0.39 is 0 Å². The molecule has 1 saturated heterocycles.